The fraction of sp³-hybridized carbons (Fsp3) is 0.565. The zero-order chi connectivity index (χ0) is 22.9. The molecule has 3 aromatic rings. The Morgan fingerprint density at radius 1 is 1.24 bits per heavy atom. The molecule has 0 unspecified atom stereocenters. The van der Waals surface area contributed by atoms with Gasteiger partial charge in [-0.05, 0) is 51.5 Å². The van der Waals surface area contributed by atoms with Crippen LogP contribution in [0.15, 0.2) is 24.5 Å². The molecule has 10 heteroatoms. The van der Waals surface area contributed by atoms with Gasteiger partial charge in [0.15, 0.2) is 11.6 Å². The van der Waals surface area contributed by atoms with Gasteiger partial charge in [0, 0.05) is 49.3 Å². The summed E-state index contributed by atoms with van der Waals surface area (Å²) in [5, 5.41) is 15.3. The second-order valence-electron chi connectivity index (χ2n) is 9.30. The SMILES string of the molecule is COCc1cc2c(Nc3cc(C4CC(COC(=O)N5[C@@H](C)CC[C@@H]5C)C4)[nH]n3)nccn2n1. The van der Waals surface area contributed by atoms with Crippen LogP contribution in [-0.4, -0.2) is 61.6 Å². The van der Waals surface area contributed by atoms with Crippen molar-refractivity contribution in [2.75, 3.05) is 19.0 Å². The Hall–Kier alpha value is -3.14. The lowest BCUT2D eigenvalue weighted by atomic mass is 9.74. The summed E-state index contributed by atoms with van der Waals surface area (Å²) in [6, 6.07) is 4.52. The number of H-pyrrole nitrogens is 1. The van der Waals surface area contributed by atoms with Crippen LogP contribution in [0, 0.1) is 5.92 Å². The lowest BCUT2D eigenvalue weighted by Gasteiger charge is -2.35. The molecule has 0 bridgehead atoms. The zero-order valence-electron chi connectivity index (χ0n) is 19.3. The number of anilines is 2. The van der Waals surface area contributed by atoms with Crippen molar-refractivity contribution in [3.63, 3.8) is 0 Å². The number of amides is 1. The summed E-state index contributed by atoms with van der Waals surface area (Å²) >= 11 is 0. The maximum absolute atomic E-state index is 12.4. The molecule has 5 rings (SSSR count). The summed E-state index contributed by atoms with van der Waals surface area (Å²) in [6.07, 6.45) is 7.41. The van der Waals surface area contributed by atoms with Crippen LogP contribution in [0.3, 0.4) is 0 Å². The largest absolute Gasteiger partial charge is 0.449 e. The van der Waals surface area contributed by atoms with Crippen molar-refractivity contribution in [2.24, 2.45) is 5.92 Å². The van der Waals surface area contributed by atoms with E-state index in [1.165, 1.54) is 0 Å². The number of hydrogen-bond donors (Lipinski definition) is 2. The number of aromatic amines is 1. The second kappa shape index (κ2) is 9.01. The fourth-order valence-electron chi connectivity index (χ4n) is 4.96. The summed E-state index contributed by atoms with van der Waals surface area (Å²) in [7, 11) is 1.65. The van der Waals surface area contributed by atoms with E-state index in [1.807, 2.05) is 23.2 Å². The Morgan fingerprint density at radius 3 is 2.79 bits per heavy atom. The van der Waals surface area contributed by atoms with Gasteiger partial charge < -0.3 is 19.7 Å². The summed E-state index contributed by atoms with van der Waals surface area (Å²) in [6.45, 7) is 5.12. The number of nitrogens with one attached hydrogen (secondary N) is 2. The molecule has 176 valence electrons. The van der Waals surface area contributed by atoms with Crippen molar-refractivity contribution < 1.29 is 14.3 Å². The first-order valence-corrected chi connectivity index (χ1v) is 11.6. The smallest absolute Gasteiger partial charge is 0.410 e. The minimum atomic E-state index is -0.167. The Kier molecular flexibility index (Phi) is 5.92. The summed E-state index contributed by atoms with van der Waals surface area (Å²) in [5.74, 6) is 2.20. The van der Waals surface area contributed by atoms with Crippen molar-refractivity contribution in [2.45, 2.75) is 64.1 Å². The third kappa shape index (κ3) is 4.39. The number of fused-ring (bicyclic) bond motifs is 1. The molecule has 1 amide bonds. The van der Waals surface area contributed by atoms with Crippen LogP contribution in [0.1, 0.15) is 56.8 Å². The summed E-state index contributed by atoms with van der Waals surface area (Å²) in [4.78, 5) is 18.8. The predicted octanol–water partition coefficient (Wildman–Crippen LogP) is 3.85. The molecule has 2 aliphatic rings. The molecule has 1 saturated carbocycles. The van der Waals surface area contributed by atoms with Gasteiger partial charge in [-0.1, -0.05) is 0 Å². The van der Waals surface area contributed by atoms with Gasteiger partial charge >= 0.3 is 6.09 Å². The van der Waals surface area contributed by atoms with Crippen molar-refractivity contribution in [1.29, 1.82) is 0 Å². The van der Waals surface area contributed by atoms with Crippen LogP contribution < -0.4 is 5.32 Å². The summed E-state index contributed by atoms with van der Waals surface area (Å²) in [5.41, 5.74) is 2.79. The van der Waals surface area contributed by atoms with Gasteiger partial charge in [0.25, 0.3) is 0 Å². The van der Waals surface area contributed by atoms with Crippen molar-refractivity contribution in [3.8, 4) is 0 Å². The number of hydrogen-bond acceptors (Lipinski definition) is 7. The average Bonchev–Trinajstić information content (AvgIpc) is 3.46. The van der Waals surface area contributed by atoms with E-state index < -0.39 is 0 Å². The number of methoxy groups -OCH3 is 1. The number of nitrogens with zero attached hydrogens (tertiary/aromatic N) is 5. The molecule has 1 aliphatic heterocycles. The van der Waals surface area contributed by atoms with E-state index in [4.69, 9.17) is 9.47 Å². The molecular formula is C23H31N7O3. The average molecular weight is 454 g/mol. The molecular weight excluding hydrogens is 422 g/mol. The summed E-state index contributed by atoms with van der Waals surface area (Å²) < 4.78 is 12.6. The molecule has 1 saturated heterocycles. The maximum atomic E-state index is 12.4. The van der Waals surface area contributed by atoms with Crippen LogP contribution >= 0.6 is 0 Å². The number of likely N-dealkylation sites (tertiary alicyclic amines) is 1. The Labute approximate surface area is 192 Å². The van der Waals surface area contributed by atoms with Crippen molar-refractivity contribution >= 4 is 23.2 Å². The fourth-order valence-corrected chi connectivity index (χ4v) is 4.96. The number of aromatic nitrogens is 5. The Balaban J connectivity index is 1.14. The van der Waals surface area contributed by atoms with E-state index in [1.54, 1.807) is 17.8 Å². The van der Waals surface area contributed by atoms with Gasteiger partial charge in [-0.3, -0.25) is 5.10 Å². The number of rotatable bonds is 7. The maximum Gasteiger partial charge on any atom is 0.410 e. The predicted molar refractivity (Wildman–Crippen MR) is 122 cm³/mol. The first-order valence-electron chi connectivity index (χ1n) is 11.6. The first-order chi connectivity index (χ1) is 16.0. The molecule has 10 nitrogen and oxygen atoms in total. The van der Waals surface area contributed by atoms with Crippen LogP contribution in [0.2, 0.25) is 0 Å². The molecule has 2 atom stereocenters. The molecule has 2 N–H and O–H groups in total. The van der Waals surface area contributed by atoms with Crippen molar-refractivity contribution in [3.05, 3.63) is 35.9 Å². The minimum Gasteiger partial charge on any atom is -0.449 e. The van der Waals surface area contributed by atoms with Crippen LogP contribution in [0.4, 0.5) is 16.4 Å². The van der Waals surface area contributed by atoms with Crippen LogP contribution in [0.5, 0.6) is 0 Å². The van der Waals surface area contributed by atoms with Gasteiger partial charge in [0.1, 0.15) is 5.52 Å². The highest BCUT2D eigenvalue weighted by Crippen LogP contribution is 2.41. The van der Waals surface area contributed by atoms with Gasteiger partial charge in [-0.2, -0.15) is 10.2 Å². The van der Waals surface area contributed by atoms with E-state index >= 15 is 0 Å². The lowest BCUT2D eigenvalue weighted by Crippen LogP contribution is -2.40. The van der Waals surface area contributed by atoms with Gasteiger partial charge in [0.2, 0.25) is 0 Å². The highest BCUT2D eigenvalue weighted by Gasteiger charge is 2.35. The van der Waals surface area contributed by atoms with E-state index in [9.17, 15) is 4.79 Å². The quantitative estimate of drug-likeness (QED) is 0.559. The molecule has 0 radical (unpaired) electrons. The molecule has 4 heterocycles. The monoisotopic (exact) mass is 453 g/mol. The van der Waals surface area contributed by atoms with Crippen LogP contribution in [-0.2, 0) is 16.1 Å². The third-order valence-corrected chi connectivity index (χ3v) is 6.86. The van der Waals surface area contributed by atoms with E-state index in [-0.39, 0.29) is 18.2 Å². The number of ether oxygens (including phenoxy) is 2. The van der Waals surface area contributed by atoms with Gasteiger partial charge in [0.05, 0.1) is 18.9 Å². The van der Waals surface area contributed by atoms with Crippen molar-refractivity contribution in [1.82, 2.24) is 29.7 Å². The minimum absolute atomic E-state index is 0.167. The van der Waals surface area contributed by atoms with E-state index in [0.29, 0.717) is 36.7 Å². The Morgan fingerprint density at radius 2 is 2.03 bits per heavy atom. The molecule has 2 fully saturated rings. The molecule has 0 spiro atoms. The van der Waals surface area contributed by atoms with E-state index in [2.05, 4.69) is 39.4 Å². The van der Waals surface area contributed by atoms with E-state index in [0.717, 1.165) is 42.6 Å². The molecule has 1 aliphatic carbocycles. The molecule has 3 aromatic heterocycles. The number of carbonyl (C=O) groups is 1. The normalized spacial score (nSPS) is 24.8. The molecule has 0 aromatic carbocycles. The number of carbonyl (C=O) groups excluding carboxylic acids is 1. The first kappa shape index (κ1) is 21.7. The second-order valence-corrected chi connectivity index (χ2v) is 9.30. The standard InChI is InChI=1S/C23H31N7O3/c1-14-4-5-15(2)30(14)23(31)33-12-16-8-17(9-16)19-11-21(27-26-19)25-22-20-10-18(13-32-3)28-29(20)7-6-24-22/h6-7,10-11,14-17H,4-5,8-9,12-13H2,1-3H3,(H2,24,25,26,27)/t14-,15-,16?,17?/m0/s1. The lowest BCUT2D eigenvalue weighted by molar-refractivity contribution is 0.0564. The highest BCUT2D eigenvalue weighted by molar-refractivity contribution is 5.72. The van der Waals surface area contributed by atoms with Crippen LogP contribution in [0.25, 0.3) is 5.52 Å². The Bertz CT molecular complexity index is 1110. The zero-order valence-corrected chi connectivity index (χ0v) is 19.3. The highest BCUT2D eigenvalue weighted by atomic mass is 16.6. The topological polar surface area (TPSA) is 110 Å². The van der Waals surface area contributed by atoms with Gasteiger partial charge in [-0.25, -0.2) is 14.3 Å². The molecule has 33 heavy (non-hydrogen) atoms. The third-order valence-electron chi connectivity index (χ3n) is 6.86. The van der Waals surface area contributed by atoms with Gasteiger partial charge in [-0.15, -0.1) is 0 Å².